The molecule has 1 amide bonds. The fraction of sp³-hybridized carbons (Fsp3) is 0. The minimum absolute atomic E-state index is 0.115. The summed E-state index contributed by atoms with van der Waals surface area (Å²) in [7, 11) is 0. The van der Waals surface area contributed by atoms with Crippen molar-refractivity contribution in [2.24, 2.45) is 4.99 Å². The molecular formula is C16H12N2OS. The molecule has 1 heterocycles. The number of hydrogen-bond acceptors (Lipinski definition) is 3. The molecule has 1 saturated heterocycles. The summed E-state index contributed by atoms with van der Waals surface area (Å²) in [6.07, 6.45) is 0. The lowest BCUT2D eigenvalue weighted by atomic mass is 10.3. The number of rotatable bonds is 2. The smallest absolute Gasteiger partial charge is 0.268 e. The lowest BCUT2D eigenvalue weighted by Gasteiger charge is -2.15. The summed E-state index contributed by atoms with van der Waals surface area (Å²) in [4.78, 5) is 18.9. The van der Waals surface area contributed by atoms with Gasteiger partial charge in [0.2, 0.25) is 0 Å². The number of nitrogens with zero attached hydrogens (tertiary/aromatic N) is 2. The van der Waals surface area contributed by atoms with Crippen LogP contribution in [0.4, 0.5) is 11.4 Å². The topological polar surface area (TPSA) is 32.7 Å². The number of para-hydroxylation sites is 2. The summed E-state index contributed by atoms with van der Waals surface area (Å²) < 4.78 is 0. The largest absolute Gasteiger partial charge is 0.270 e. The minimum Gasteiger partial charge on any atom is -0.268 e. The molecule has 1 aliphatic heterocycles. The highest BCUT2D eigenvalue weighted by Crippen LogP contribution is 2.34. The standard InChI is InChI=1S/C16H12N2OS/c1-12-15(19)18(14-10-6-3-7-11-14)16(20-12)17-13-8-4-2-5-9-13/h2-11H,1H2. The molecule has 3 rings (SSSR count). The zero-order chi connectivity index (χ0) is 13.9. The highest BCUT2D eigenvalue weighted by atomic mass is 32.2. The lowest BCUT2D eigenvalue weighted by Crippen LogP contribution is -2.28. The van der Waals surface area contributed by atoms with Gasteiger partial charge in [0.05, 0.1) is 16.3 Å². The van der Waals surface area contributed by atoms with Crippen LogP contribution in [0.1, 0.15) is 0 Å². The summed E-state index contributed by atoms with van der Waals surface area (Å²) in [6.45, 7) is 3.79. The Labute approximate surface area is 121 Å². The highest BCUT2D eigenvalue weighted by Gasteiger charge is 2.33. The monoisotopic (exact) mass is 280 g/mol. The van der Waals surface area contributed by atoms with Gasteiger partial charge in [0.15, 0.2) is 5.17 Å². The van der Waals surface area contributed by atoms with Crippen LogP contribution < -0.4 is 4.90 Å². The molecule has 0 aromatic heterocycles. The van der Waals surface area contributed by atoms with Crippen molar-refractivity contribution in [3.63, 3.8) is 0 Å². The van der Waals surface area contributed by atoms with E-state index >= 15 is 0 Å². The van der Waals surface area contributed by atoms with Gasteiger partial charge in [0.25, 0.3) is 5.91 Å². The third-order valence-corrected chi connectivity index (χ3v) is 3.72. The van der Waals surface area contributed by atoms with E-state index in [1.807, 2.05) is 60.7 Å². The molecule has 20 heavy (non-hydrogen) atoms. The first-order valence-corrected chi connectivity index (χ1v) is 6.97. The summed E-state index contributed by atoms with van der Waals surface area (Å²) in [6, 6.07) is 19.1. The molecule has 1 fully saturated rings. The molecule has 4 heteroatoms. The fourth-order valence-electron chi connectivity index (χ4n) is 1.90. The molecular weight excluding hydrogens is 268 g/mol. The van der Waals surface area contributed by atoms with Crippen LogP contribution in [0.3, 0.4) is 0 Å². The van der Waals surface area contributed by atoms with Crippen LogP contribution in [0.15, 0.2) is 77.1 Å². The average molecular weight is 280 g/mol. The van der Waals surface area contributed by atoms with E-state index in [-0.39, 0.29) is 5.91 Å². The van der Waals surface area contributed by atoms with Gasteiger partial charge in [-0.3, -0.25) is 9.69 Å². The van der Waals surface area contributed by atoms with Gasteiger partial charge in [-0.15, -0.1) is 0 Å². The van der Waals surface area contributed by atoms with Crippen molar-refractivity contribution in [1.82, 2.24) is 0 Å². The Kier molecular flexibility index (Phi) is 3.39. The van der Waals surface area contributed by atoms with Crippen LogP contribution in [0.25, 0.3) is 0 Å². The van der Waals surface area contributed by atoms with Crippen LogP contribution in [-0.4, -0.2) is 11.1 Å². The summed E-state index contributed by atoms with van der Waals surface area (Å²) >= 11 is 1.30. The van der Waals surface area contributed by atoms with E-state index in [2.05, 4.69) is 11.6 Å². The van der Waals surface area contributed by atoms with Gasteiger partial charge in [-0.2, -0.15) is 0 Å². The molecule has 0 atom stereocenters. The Hall–Kier alpha value is -2.33. The average Bonchev–Trinajstić information content (AvgIpc) is 2.76. The van der Waals surface area contributed by atoms with Crippen LogP contribution in [0, 0.1) is 0 Å². The maximum absolute atomic E-state index is 12.2. The van der Waals surface area contributed by atoms with E-state index in [9.17, 15) is 4.79 Å². The zero-order valence-electron chi connectivity index (χ0n) is 10.7. The maximum Gasteiger partial charge on any atom is 0.270 e. The number of benzene rings is 2. The Morgan fingerprint density at radius 1 is 0.950 bits per heavy atom. The molecule has 0 unspecified atom stereocenters. The zero-order valence-corrected chi connectivity index (χ0v) is 11.5. The van der Waals surface area contributed by atoms with Crippen molar-refractivity contribution in [3.8, 4) is 0 Å². The van der Waals surface area contributed by atoms with Crippen molar-refractivity contribution in [2.75, 3.05) is 4.90 Å². The quantitative estimate of drug-likeness (QED) is 0.780. The molecule has 0 radical (unpaired) electrons. The molecule has 0 bridgehead atoms. The van der Waals surface area contributed by atoms with E-state index in [4.69, 9.17) is 0 Å². The predicted molar refractivity (Wildman–Crippen MR) is 84.2 cm³/mol. The third kappa shape index (κ3) is 2.38. The van der Waals surface area contributed by atoms with Gasteiger partial charge in [-0.1, -0.05) is 43.0 Å². The Balaban J connectivity index is 2.03. The third-order valence-electron chi connectivity index (χ3n) is 2.84. The summed E-state index contributed by atoms with van der Waals surface area (Å²) in [5.41, 5.74) is 1.62. The lowest BCUT2D eigenvalue weighted by molar-refractivity contribution is -0.113. The molecule has 0 N–H and O–H groups in total. The van der Waals surface area contributed by atoms with Crippen molar-refractivity contribution in [3.05, 3.63) is 72.1 Å². The van der Waals surface area contributed by atoms with Crippen molar-refractivity contribution in [2.45, 2.75) is 0 Å². The minimum atomic E-state index is -0.115. The number of aliphatic imine (C=N–C) groups is 1. The second-order valence-corrected chi connectivity index (χ2v) is 5.29. The first-order chi connectivity index (χ1) is 9.75. The molecule has 0 aliphatic carbocycles. The van der Waals surface area contributed by atoms with Crippen molar-refractivity contribution in [1.29, 1.82) is 0 Å². The molecule has 2 aromatic carbocycles. The van der Waals surface area contributed by atoms with Gasteiger partial charge >= 0.3 is 0 Å². The highest BCUT2D eigenvalue weighted by molar-refractivity contribution is 8.19. The van der Waals surface area contributed by atoms with E-state index in [0.717, 1.165) is 11.4 Å². The number of amides is 1. The molecule has 3 nitrogen and oxygen atoms in total. The van der Waals surface area contributed by atoms with Crippen LogP contribution >= 0.6 is 11.8 Å². The van der Waals surface area contributed by atoms with E-state index in [1.54, 1.807) is 4.90 Å². The molecule has 0 spiro atoms. The van der Waals surface area contributed by atoms with Crippen molar-refractivity contribution >= 4 is 34.2 Å². The number of hydrogen-bond donors (Lipinski definition) is 0. The summed E-state index contributed by atoms with van der Waals surface area (Å²) in [5.74, 6) is -0.115. The molecule has 2 aromatic rings. The Morgan fingerprint density at radius 3 is 2.20 bits per heavy atom. The van der Waals surface area contributed by atoms with E-state index in [0.29, 0.717) is 10.1 Å². The molecule has 0 saturated carbocycles. The van der Waals surface area contributed by atoms with Crippen LogP contribution in [0.5, 0.6) is 0 Å². The number of anilines is 1. The van der Waals surface area contributed by atoms with E-state index in [1.165, 1.54) is 11.8 Å². The van der Waals surface area contributed by atoms with Crippen LogP contribution in [0.2, 0.25) is 0 Å². The number of thioether (sulfide) groups is 1. The number of carbonyl (C=O) groups is 1. The summed E-state index contributed by atoms with van der Waals surface area (Å²) in [5, 5.41) is 0.636. The van der Waals surface area contributed by atoms with Gasteiger partial charge in [0.1, 0.15) is 0 Å². The first kappa shape index (κ1) is 12.7. The molecule has 98 valence electrons. The SMILES string of the molecule is C=C1SC(=Nc2ccccc2)N(c2ccccc2)C1=O. The Morgan fingerprint density at radius 2 is 1.55 bits per heavy atom. The van der Waals surface area contributed by atoms with Gasteiger partial charge in [0, 0.05) is 0 Å². The fourth-order valence-corrected chi connectivity index (χ4v) is 2.73. The first-order valence-electron chi connectivity index (χ1n) is 6.16. The predicted octanol–water partition coefficient (Wildman–Crippen LogP) is 3.97. The maximum atomic E-state index is 12.2. The number of carbonyl (C=O) groups excluding carboxylic acids is 1. The van der Waals surface area contributed by atoms with Crippen LogP contribution in [-0.2, 0) is 4.79 Å². The second kappa shape index (κ2) is 5.35. The Bertz CT molecular complexity index is 680. The van der Waals surface area contributed by atoms with Crippen molar-refractivity contribution < 1.29 is 4.79 Å². The second-order valence-electron chi connectivity index (χ2n) is 4.23. The normalized spacial score (nSPS) is 17.0. The molecule has 1 aliphatic rings. The van der Waals surface area contributed by atoms with Gasteiger partial charge < -0.3 is 0 Å². The van der Waals surface area contributed by atoms with Gasteiger partial charge in [-0.25, -0.2) is 4.99 Å². The van der Waals surface area contributed by atoms with E-state index < -0.39 is 0 Å². The number of amidine groups is 1. The van der Waals surface area contributed by atoms with Gasteiger partial charge in [-0.05, 0) is 36.0 Å².